The molecule has 2 nitrogen and oxygen atoms in total. The molecule has 18 heavy (non-hydrogen) atoms. The highest BCUT2D eigenvalue weighted by molar-refractivity contribution is 5.43. The standard InChI is InChI=1S/C16H17NO/c1-17-10-9-12-7-8-14(18)11-15(12)16(17)13-5-3-2-4-6-13/h2-8,11,16,18H,9-10H2,1H3/t16-/m0/s1. The number of likely N-dealkylation sites (N-methyl/N-ethyl adjacent to an activating group) is 1. The average molecular weight is 239 g/mol. The summed E-state index contributed by atoms with van der Waals surface area (Å²) in [5.74, 6) is 0.352. The smallest absolute Gasteiger partial charge is 0.115 e. The molecule has 0 aromatic heterocycles. The zero-order valence-electron chi connectivity index (χ0n) is 10.5. The Kier molecular flexibility index (Phi) is 2.80. The maximum atomic E-state index is 9.72. The van der Waals surface area contributed by atoms with Gasteiger partial charge in [-0.15, -0.1) is 0 Å². The number of phenolic OH excluding ortho intramolecular Hbond substituents is 1. The van der Waals surface area contributed by atoms with Gasteiger partial charge in [0.2, 0.25) is 0 Å². The fourth-order valence-corrected chi connectivity index (χ4v) is 2.80. The van der Waals surface area contributed by atoms with Crippen molar-refractivity contribution in [3.63, 3.8) is 0 Å². The quantitative estimate of drug-likeness (QED) is 0.827. The Labute approximate surface area is 107 Å². The molecular formula is C16H17NO. The molecule has 1 aliphatic rings. The fourth-order valence-electron chi connectivity index (χ4n) is 2.80. The van der Waals surface area contributed by atoms with E-state index in [0.717, 1.165) is 13.0 Å². The third kappa shape index (κ3) is 1.89. The van der Waals surface area contributed by atoms with Crippen LogP contribution in [0.1, 0.15) is 22.7 Å². The molecule has 0 bridgehead atoms. The predicted octanol–water partition coefficient (Wildman–Crippen LogP) is 2.97. The van der Waals surface area contributed by atoms with Crippen LogP contribution >= 0.6 is 0 Å². The third-order valence-corrected chi connectivity index (χ3v) is 3.71. The molecule has 0 saturated carbocycles. The van der Waals surface area contributed by atoms with Crippen molar-refractivity contribution in [2.45, 2.75) is 12.5 Å². The van der Waals surface area contributed by atoms with Gasteiger partial charge in [0, 0.05) is 6.54 Å². The van der Waals surface area contributed by atoms with Crippen molar-refractivity contribution in [1.29, 1.82) is 0 Å². The second-order valence-electron chi connectivity index (χ2n) is 4.93. The highest BCUT2D eigenvalue weighted by Gasteiger charge is 2.26. The van der Waals surface area contributed by atoms with Gasteiger partial charge in [-0.3, -0.25) is 4.90 Å². The summed E-state index contributed by atoms with van der Waals surface area (Å²) in [6.45, 7) is 1.05. The van der Waals surface area contributed by atoms with Gasteiger partial charge >= 0.3 is 0 Å². The van der Waals surface area contributed by atoms with Crippen LogP contribution in [0.4, 0.5) is 0 Å². The predicted molar refractivity (Wildman–Crippen MR) is 72.7 cm³/mol. The lowest BCUT2D eigenvalue weighted by Gasteiger charge is -2.35. The molecule has 0 aliphatic carbocycles. The first kappa shape index (κ1) is 11.3. The van der Waals surface area contributed by atoms with Gasteiger partial charge in [0.25, 0.3) is 0 Å². The first-order chi connectivity index (χ1) is 8.75. The van der Waals surface area contributed by atoms with Crippen LogP contribution in [0.2, 0.25) is 0 Å². The van der Waals surface area contributed by atoms with E-state index in [2.05, 4.69) is 36.2 Å². The van der Waals surface area contributed by atoms with E-state index in [1.54, 1.807) is 6.07 Å². The molecule has 3 rings (SSSR count). The number of nitrogens with zero attached hydrogens (tertiary/aromatic N) is 1. The monoisotopic (exact) mass is 239 g/mol. The molecule has 1 aliphatic heterocycles. The van der Waals surface area contributed by atoms with Crippen molar-refractivity contribution >= 4 is 0 Å². The normalized spacial score (nSPS) is 19.5. The second kappa shape index (κ2) is 4.46. The van der Waals surface area contributed by atoms with E-state index in [1.807, 2.05) is 18.2 Å². The van der Waals surface area contributed by atoms with Gasteiger partial charge in [-0.05, 0) is 42.3 Å². The minimum absolute atomic E-state index is 0.252. The summed E-state index contributed by atoms with van der Waals surface area (Å²) in [5.41, 5.74) is 3.86. The first-order valence-electron chi connectivity index (χ1n) is 6.32. The van der Waals surface area contributed by atoms with Gasteiger partial charge in [0.1, 0.15) is 5.75 Å². The Morgan fingerprint density at radius 1 is 1.11 bits per heavy atom. The van der Waals surface area contributed by atoms with E-state index in [0.29, 0.717) is 5.75 Å². The second-order valence-corrected chi connectivity index (χ2v) is 4.93. The van der Waals surface area contributed by atoms with Crippen LogP contribution in [0, 0.1) is 0 Å². The van der Waals surface area contributed by atoms with Crippen molar-refractivity contribution in [2.75, 3.05) is 13.6 Å². The fraction of sp³-hybridized carbons (Fsp3) is 0.250. The van der Waals surface area contributed by atoms with Gasteiger partial charge in [-0.25, -0.2) is 0 Å². The summed E-state index contributed by atoms with van der Waals surface area (Å²) in [6, 6.07) is 16.5. The Bertz CT molecular complexity index is 550. The van der Waals surface area contributed by atoms with Crippen LogP contribution in [0.25, 0.3) is 0 Å². The minimum atomic E-state index is 0.252. The zero-order chi connectivity index (χ0) is 12.5. The van der Waals surface area contributed by atoms with Crippen molar-refractivity contribution in [2.24, 2.45) is 0 Å². The van der Waals surface area contributed by atoms with E-state index in [1.165, 1.54) is 16.7 Å². The van der Waals surface area contributed by atoms with Gasteiger partial charge < -0.3 is 5.11 Å². The molecule has 2 heteroatoms. The van der Waals surface area contributed by atoms with Gasteiger partial charge in [-0.2, -0.15) is 0 Å². The van der Waals surface area contributed by atoms with Crippen molar-refractivity contribution in [3.05, 3.63) is 65.2 Å². The van der Waals surface area contributed by atoms with E-state index in [-0.39, 0.29) is 6.04 Å². The van der Waals surface area contributed by atoms with Crippen molar-refractivity contribution in [3.8, 4) is 5.75 Å². The Balaban J connectivity index is 2.12. The number of fused-ring (bicyclic) bond motifs is 1. The summed E-state index contributed by atoms with van der Waals surface area (Å²) in [7, 11) is 2.14. The van der Waals surface area contributed by atoms with Gasteiger partial charge in [-0.1, -0.05) is 36.4 Å². The van der Waals surface area contributed by atoms with E-state index in [4.69, 9.17) is 0 Å². The molecule has 0 unspecified atom stereocenters. The summed E-state index contributed by atoms with van der Waals surface area (Å²) in [5, 5.41) is 9.72. The van der Waals surface area contributed by atoms with Gasteiger partial charge in [0.15, 0.2) is 0 Å². The van der Waals surface area contributed by atoms with E-state index >= 15 is 0 Å². The minimum Gasteiger partial charge on any atom is -0.508 e. The number of aromatic hydroxyl groups is 1. The van der Waals surface area contributed by atoms with Gasteiger partial charge in [0.05, 0.1) is 6.04 Å². The van der Waals surface area contributed by atoms with E-state index in [9.17, 15) is 5.11 Å². The molecule has 0 amide bonds. The SMILES string of the molecule is CN1CCc2ccc(O)cc2[C@@H]1c1ccccc1. The summed E-state index contributed by atoms with van der Waals surface area (Å²) in [6.07, 6.45) is 1.05. The molecule has 92 valence electrons. The molecule has 2 aromatic rings. The summed E-state index contributed by atoms with van der Waals surface area (Å²) >= 11 is 0. The number of phenols is 1. The van der Waals surface area contributed by atoms with E-state index < -0.39 is 0 Å². The molecule has 0 fully saturated rings. The lowest BCUT2D eigenvalue weighted by Crippen LogP contribution is -2.32. The van der Waals surface area contributed by atoms with Crippen LogP contribution in [0.5, 0.6) is 5.75 Å². The lowest BCUT2D eigenvalue weighted by molar-refractivity contribution is 0.264. The number of hydrogen-bond donors (Lipinski definition) is 1. The molecule has 1 heterocycles. The lowest BCUT2D eigenvalue weighted by atomic mass is 9.88. The first-order valence-corrected chi connectivity index (χ1v) is 6.32. The molecular weight excluding hydrogens is 222 g/mol. The zero-order valence-corrected chi connectivity index (χ0v) is 10.5. The topological polar surface area (TPSA) is 23.5 Å². The average Bonchev–Trinajstić information content (AvgIpc) is 2.39. The van der Waals surface area contributed by atoms with Crippen molar-refractivity contribution in [1.82, 2.24) is 4.90 Å². The Morgan fingerprint density at radius 3 is 2.67 bits per heavy atom. The highest BCUT2D eigenvalue weighted by Crippen LogP contribution is 2.35. The number of hydrogen-bond acceptors (Lipinski definition) is 2. The maximum Gasteiger partial charge on any atom is 0.115 e. The highest BCUT2D eigenvalue weighted by atomic mass is 16.3. The van der Waals surface area contributed by atoms with Crippen LogP contribution in [0.3, 0.4) is 0 Å². The molecule has 1 N–H and O–H groups in total. The van der Waals surface area contributed by atoms with Crippen LogP contribution < -0.4 is 0 Å². The molecule has 0 spiro atoms. The molecule has 0 saturated heterocycles. The maximum absolute atomic E-state index is 9.72. The third-order valence-electron chi connectivity index (χ3n) is 3.71. The summed E-state index contributed by atoms with van der Waals surface area (Å²) < 4.78 is 0. The molecule has 0 radical (unpaired) electrons. The van der Waals surface area contributed by atoms with Crippen LogP contribution in [-0.4, -0.2) is 23.6 Å². The Hall–Kier alpha value is -1.80. The largest absolute Gasteiger partial charge is 0.508 e. The molecule has 1 atom stereocenters. The Morgan fingerprint density at radius 2 is 1.89 bits per heavy atom. The summed E-state index contributed by atoms with van der Waals surface area (Å²) in [4.78, 5) is 2.34. The number of rotatable bonds is 1. The van der Waals surface area contributed by atoms with Crippen LogP contribution in [0.15, 0.2) is 48.5 Å². The molecule has 2 aromatic carbocycles. The number of benzene rings is 2. The van der Waals surface area contributed by atoms with Crippen LogP contribution in [-0.2, 0) is 6.42 Å². The van der Waals surface area contributed by atoms with Crippen molar-refractivity contribution < 1.29 is 5.11 Å².